The second-order valence-corrected chi connectivity index (χ2v) is 5.43. The largest absolute Gasteiger partial charge is 0.505 e. The molecule has 0 atom stereocenters. The van der Waals surface area contributed by atoms with Gasteiger partial charge in [0.1, 0.15) is 5.82 Å². The summed E-state index contributed by atoms with van der Waals surface area (Å²) in [5, 5.41) is 14.6. The molecule has 0 heterocycles. The molecule has 0 saturated heterocycles. The Morgan fingerprint density at radius 2 is 1.82 bits per heavy atom. The summed E-state index contributed by atoms with van der Waals surface area (Å²) < 4.78 is 13.1. The Balaban J connectivity index is 2.06. The number of hydrogen-bond acceptors (Lipinski definition) is 3. The Kier molecular flexibility index (Phi) is 5.18. The Labute approximate surface area is 140 Å². The van der Waals surface area contributed by atoms with Crippen molar-refractivity contribution in [1.82, 2.24) is 5.32 Å². The van der Waals surface area contributed by atoms with Crippen molar-refractivity contribution in [2.24, 2.45) is 0 Å². The van der Waals surface area contributed by atoms with Gasteiger partial charge in [0, 0.05) is 11.3 Å². The van der Waals surface area contributed by atoms with Crippen LogP contribution in [0.4, 0.5) is 10.1 Å². The lowest BCUT2D eigenvalue weighted by molar-refractivity contribution is 0.0977. The van der Waals surface area contributed by atoms with E-state index in [0.717, 1.165) is 6.07 Å². The minimum Gasteiger partial charge on any atom is -0.505 e. The number of anilines is 1. The molecule has 1 amide bonds. The monoisotopic (exact) mass is 358 g/mol. The zero-order valence-electron chi connectivity index (χ0n) is 10.9. The summed E-state index contributed by atoms with van der Waals surface area (Å²) in [7, 11) is 0. The van der Waals surface area contributed by atoms with Crippen LogP contribution in [0.3, 0.4) is 0 Å². The van der Waals surface area contributed by atoms with Crippen molar-refractivity contribution < 1.29 is 14.3 Å². The first-order valence-electron chi connectivity index (χ1n) is 5.92. The first kappa shape index (κ1) is 16.5. The van der Waals surface area contributed by atoms with Gasteiger partial charge in [-0.3, -0.25) is 10.1 Å². The average Bonchev–Trinajstić information content (AvgIpc) is 2.44. The number of hydrogen-bond donors (Lipinski definition) is 3. The molecule has 2 aromatic rings. The number of benzene rings is 2. The van der Waals surface area contributed by atoms with Crippen molar-refractivity contribution in [3.05, 3.63) is 57.8 Å². The summed E-state index contributed by atoms with van der Waals surface area (Å²) in [4.78, 5) is 11.9. The van der Waals surface area contributed by atoms with Gasteiger partial charge in [0.05, 0.1) is 10.0 Å². The molecule has 0 aliphatic rings. The number of amides is 1. The third-order valence-corrected chi connectivity index (χ3v) is 3.37. The van der Waals surface area contributed by atoms with E-state index in [-0.39, 0.29) is 26.5 Å². The van der Waals surface area contributed by atoms with E-state index >= 15 is 0 Å². The van der Waals surface area contributed by atoms with E-state index in [0.29, 0.717) is 5.69 Å². The number of halogens is 3. The van der Waals surface area contributed by atoms with Crippen molar-refractivity contribution in [3.63, 3.8) is 0 Å². The fourth-order valence-corrected chi connectivity index (χ4v) is 2.30. The molecule has 4 nitrogen and oxygen atoms in total. The van der Waals surface area contributed by atoms with Crippen LogP contribution < -0.4 is 10.6 Å². The maximum absolute atomic E-state index is 13.1. The van der Waals surface area contributed by atoms with Gasteiger partial charge in [0.25, 0.3) is 5.91 Å². The smallest absolute Gasteiger partial charge is 0.257 e. The summed E-state index contributed by atoms with van der Waals surface area (Å²) in [5.74, 6) is -1.33. The van der Waals surface area contributed by atoms with Crippen LogP contribution in [-0.4, -0.2) is 16.1 Å². The van der Waals surface area contributed by atoms with E-state index in [1.165, 1.54) is 30.3 Å². The predicted molar refractivity (Wildman–Crippen MR) is 88.2 cm³/mol. The number of carbonyl (C=O) groups is 1. The summed E-state index contributed by atoms with van der Waals surface area (Å²) in [6.07, 6.45) is 0. The topological polar surface area (TPSA) is 61.4 Å². The molecule has 0 bridgehead atoms. The molecule has 0 aliphatic heterocycles. The van der Waals surface area contributed by atoms with Gasteiger partial charge in [0.15, 0.2) is 10.9 Å². The highest BCUT2D eigenvalue weighted by Crippen LogP contribution is 2.34. The zero-order valence-corrected chi connectivity index (χ0v) is 13.2. The molecule has 0 spiro atoms. The molecule has 2 rings (SSSR count). The van der Waals surface area contributed by atoms with Crippen molar-refractivity contribution in [3.8, 4) is 5.75 Å². The lowest BCUT2D eigenvalue weighted by Gasteiger charge is -2.11. The van der Waals surface area contributed by atoms with E-state index in [9.17, 15) is 14.3 Å². The Bertz CT molecular complexity index is 732. The summed E-state index contributed by atoms with van der Waals surface area (Å²) in [5.41, 5.74) is 0.517. The highest BCUT2D eigenvalue weighted by atomic mass is 35.5. The zero-order chi connectivity index (χ0) is 16.3. The Morgan fingerprint density at radius 3 is 2.41 bits per heavy atom. The molecule has 8 heteroatoms. The van der Waals surface area contributed by atoms with Crippen LogP contribution >= 0.6 is 35.4 Å². The van der Waals surface area contributed by atoms with Crippen LogP contribution in [0.5, 0.6) is 5.75 Å². The van der Waals surface area contributed by atoms with Crippen LogP contribution in [0.15, 0.2) is 36.4 Å². The van der Waals surface area contributed by atoms with Gasteiger partial charge < -0.3 is 10.4 Å². The van der Waals surface area contributed by atoms with Gasteiger partial charge in [-0.2, -0.15) is 0 Å². The highest BCUT2D eigenvalue weighted by molar-refractivity contribution is 7.80. The molecule has 2 aromatic carbocycles. The van der Waals surface area contributed by atoms with Crippen molar-refractivity contribution >= 4 is 52.1 Å². The number of rotatable bonds is 2. The van der Waals surface area contributed by atoms with E-state index in [2.05, 4.69) is 10.6 Å². The molecule has 0 aromatic heterocycles. The number of thiocarbonyl (C=S) groups is 1. The van der Waals surface area contributed by atoms with Gasteiger partial charge in [-0.25, -0.2) is 4.39 Å². The summed E-state index contributed by atoms with van der Waals surface area (Å²) >= 11 is 16.5. The summed E-state index contributed by atoms with van der Waals surface area (Å²) in [6.45, 7) is 0. The van der Waals surface area contributed by atoms with Crippen LogP contribution in [0, 0.1) is 5.82 Å². The van der Waals surface area contributed by atoms with Crippen molar-refractivity contribution in [2.45, 2.75) is 0 Å². The van der Waals surface area contributed by atoms with Gasteiger partial charge >= 0.3 is 0 Å². The second kappa shape index (κ2) is 6.91. The third-order valence-electron chi connectivity index (χ3n) is 2.59. The number of phenols is 1. The van der Waals surface area contributed by atoms with Gasteiger partial charge in [0.2, 0.25) is 0 Å². The number of phenolic OH excluding ortho intramolecular Hbond substituents is 1. The molecule has 0 aliphatic carbocycles. The predicted octanol–water partition coefficient (Wildman–Crippen LogP) is 3.96. The fraction of sp³-hybridized carbons (Fsp3) is 0. The van der Waals surface area contributed by atoms with Gasteiger partial charge in [-0.1, -0.05) is 29.3 Å². The average molecular weight is 359 g/mol. The van der Waals surface area contributed by atoms with Crippen LogP contribution in [0.2, 0.25) is 10.0 Å². The molecule has 0 saturated carbocycles. The SMILES string of the molecule is O=C(NC(=S)Nc1cc(Cl)c(O)c(Cl)c1)c1cccc(F)c1. The summed E-state index contributed by atoms with van der Waals surface area (Å²) in [6, 6.07) is 7.97. The molecular formula is C14H9Cl2FN2O2S. The van der Waals surface area contributed by atoms with Gasteiger partial charge in [-0.15, -0.1) is 0 Å². The molecule has 3 N–H and O–H groups in total. The molecule has 0 fully saturated rings. The van der Waals surface area contributed by atoms with Crippen molar-refractivity contribution in [2.75, 3.05) is 5.32 Å². The Hall–Kier alpha value is -1.89. The van der Waals surface area contributed by atoms with Crippen LogP contribution in [0.1, 0.15) is 10.4 Å². The van der Waals surface area contributed by atoms with E-state index in [1.54, 1.807) is 0 Å². The molecule has 0 unspecified atom stereocenters. The Morgan fingerprint density at radius 1 is 1.18 bits per heavy atom. The highest BCUT2D eigenvalue weighted by Gasteiger charge is 2.11. The van der Waals surface area contributed by atoms with Crippen LogP contribution in [-0.2, 0) is 0 Å². The number of aromatic hydroxyl groups is 1. The van der Waals surface area contributed by atoms with Crippen LogP contribution in [0.25, 0.3) is 0 Å². The normalized spacial score (nSPS) is 10.1. The quantitative estimate of drug-likeness (QED) is 0.561. The standard InChI is InChI=1S/C14H9Cl2FN2O2S/c15-10-5-9(6-11(16)12(10)20)18-14(22)19-13(21)7-2-1-3-8(17)4-7/h1-6,20H,(H2,18,19,21,22). The fourth-order valence-electron chi connectivity index (χ4n) is 1.61. The molecule has 114 valence electrons. The lowest BCUT2D eigenvalue weighted by Crippen LogP contribution is -2.34. The minimum atomic E-state index is -0.562. The number of carbonyl (C=O) groups excluding carboxylic acids is 1. The third kappa shape index (κ3) is 4.07. The maximum atomic E-state index is 13.1. The van der Waals surface area contributed by atoms with E-state index in [4.69, 9.17) is 35.4 Å². The molecule has 0 radical (unpaired) electrons. The van der Waals surface area contributed by atoms with Crippen molar-refractivity contribution in [1.29, 1.82) is 0 Å². The lowest BCUT2D eigenvalue weighted by atomic mass is 10.2. The van der Waals surface area contributed by atoms with E-state index in [1.807, 2.05) is 0 Å². The number of nitrogens with one attached hydrogen (secondary N) is 2. The maximum Gasteiger partial charge on any atom is 0.257 e. The van der Waals surface area contributed by atoms with E-state index < -0.39 is 11.7 Å². The molecular weight excluding hydrogens is 350 g/mol. The first-order chi connectivity index (χ1) is 10.4. The first-order valence-corrected chi connectivity index (χ1v) is 7.09. The second-order valence-electron chi connectivity index (χ2n) is 4.21. The minimum absolute atomic E-state index is 0.0212. The van der Waals surface area contributed by atoms with Gasteiger partial charge in [-0.05, 0) is 42.5 Å². The molecule has 22 heavy (non-hydrogen) atoms.